The smallest absolute Gasteiger partial charge is 0.122 e. The van der Waals surface area contributed by atoms with Gasteiger partial charge in [-0.2, -0.15) is 5.10 Å². The molecule has 0 atom stereocenters. The zero-order valence-electron chi connectivity index (χ0n) is 8.73. The molecule has 0 radical (unpaired) electrons. The molecule has 0 unspecified atom stereocenters. The molecule has 78 valence electrons. The number of H-pyrrole nitrogens is 1. The van der Waals surface area contributed by atoms with E-state index < -0.39 is 0 Å². The Morgan fingerprint density at radius 2 is 2.07 bits per heavy atom. The molecule has 15 heavy (non-hydrogen) atoms. The fourth-order valence-corrected chi connectivity index (χ4v) is 1.60. The van der Waals surface area contributed by atoms with E-state index in [9.17, 15) is 0 Å². The maximum atomic E-state index is 5.29. The van der Waals surface area contributed by atoms with Crippen molar-refractivity contribution in [1.82, 2.24) is 10.2 Å². The number of rotatable bonds is 4. The molecule has 0 aliphatic rings. The second-order valence-corrected chi connectivity index (χ2v) is 3.39. The van der Waals surface area contributed by atoms with E-state index in [0.717, 1.165) is 24.3 Å². The number of ether oxygens (including phenoxy) is 1. The number of methoxy groups -OCH3 is 1. The summed E-state index contributed by atoms with van der Waals surface area (Å²) in [5, 5.41) is 6.87. The van der Waals surface area contributed by atoms with Crippen molar-refractivity contribution in [3.05, 3.63) is 47.8 Å². The van der Waals surface area contributed by atoms with Gasteiger partial charge in [-0.15, -0.1) is 0 Å². The molecule has 0 fully saturated rings. The van der Waals surface area contributed by atoms with E-state index >= 15 is 0 Å². The van der Waals surface area contributed by atoms with E-state index in [1.807, 2.05) is 24.3 Å². The number of aromatic nitrogens is 2. The highest BCUT2D eigenvalue weighted by atomic mass is 16.5. The summed E-state index contributed by atoms with van der Waals surface area (Å²) in [7, 11) is 1.70. The quantitative estimate of drug-likeness (QED) is 0.825. The van der Waals surface area contributed by atoms with Crippen LogP contribution in [0.1, 0.15) is 11.3 Å². The molecule has 3 heteroatoms. The molecule has 3 nitrogen and oxygen atoms in total. The fraction of sp³-hybridized carbons (Fsp3) is 0.250. The van der Waals surface area contributed by atoms with Gasteiger partial charge >= 0.3 is 0 Å². The Morgan fingerprint density at radius 3 is 2.80 bits per heavy atom. The van der Waals surface area contributed by atoms with Gasteiger partial charge in [0.25, 0.3) is 0 Å². The first-order valence-corrected chi connectivity index (χ1v) is 5.00. The van der Waals surface area contributed by atoms with Gasteiger partial charge < -0.3 is 4.74 Å². The van der Waals surface area contributed by atoms with Crippen molar-refractivity contribution in [2.75, 3.05) is 7.11 Å². The normalized spacial score (nSPS) is 10.2. The van der Waals surface area contributed by atoms with Crippen LogP contribution in [0.5, 0.6) is 5.75 Å². The zero-order valence-corrected chi connectivity index (χ0v) is 8.73. The van der Waals surface area contributed by atoms with Gasteiger partial charge in [0.2, 0.25) is 0 Å². The van der Waals surface area contributed by atoms with Crippen LogP contribution < -0.4 is 4.74 Å². The van der Waals surface area contributed by atoms with Crippen LogP contribution in [0, 0.1) is 0 Å². The SMILES string of the molecule is COc1ccccc1CCc1ccn[nH]1. The third kappa shape index (κ3) is 2.37. The van der Waals surface area contributed by atoms with Gasteiger partial charge in [0, 0.05) is 11.9 Å². The second kappa shape index (κ2) is 4.64. The second-order valence-electron chi connectivity index (χ2n) is 3.39. The van der Waals surface area contributed by atoms with E-state index in [0.29, 0.717) is 0 Å². The first-order chi connectivity index (χ1) is 7.40. The van der Waals surface area contributed by atoms with Crippen LogP contribution in [0.25, 0.3) is 0 Å². The minimum atomic E-state index is 0.956. The lowest BCUT2D eigenvalue weighted by Gasteiger charge is -2.06. The Hall–Kier alpha value is -1.77. The molecule has 0 saturated heterocycles. The lowest BCUT2D eigenvalue weighted by molar-refractivity contribution is 0.409. The monoisotopic (exact) mass is 202 g/mol. The Kier molecular flexibility index (Phi) is 3.02. The summed E-state index contributed by atoms with van der Waals surface area (Å²) < 4.78 is 5.29. The summed E-state index contributed by atoms with van der Waals surface area (Å²) in [5.74, 6) is 0.956. The lowest BCUT2D eigenvalue weighted by Crippen LogP contribution is -1.95. The Morgan fingerprint density at radius 1 is 1.20 bits per heavy atom. The molecule has 1 heterocycles. The van der Waals surface area contributed by atoms with Gasteiger partial charge in [0.15, 0.2) is 0 Å². The van der Waals surface area contributed by atoms with Gasteiger partial charge in [-0.05, 0) is 30.5 Å². The Labute approximate surface area is 89.1 Å². The van der Waals surface area contributed by atoms with Crippen molar-refractivity contribution < 1.29 is 4.74 Å². The number of nitrogens with one attached hydrogen (secondary N) is 1. The number of benzene rings is 1. The summed E-state index contributed by atoms with van der Waals surface area (Å²) in [5.41, 5.74) is 2.38. The molecule has 0 aliphatic carbocycles. The van der Waals surface area contributed by atoms with Crippen LogP contribution in [-0.2, 0) is 12.8 Å². The fourth-order valence-electron chi connectivity index (χ4n) is 1.60. The van der Waals surface area contributed by atoms with Crippen molar-refractivity contribution in [2.45, 2.75) is 12.8 Å². The zero-order chi connectivity index (χ0) is 10.5. The number of aromatic amines is 1. The molecular formula is C12H14N2O. The van der Waals surface area contributed by atoms with E-state index in [1.54, 1.807) is 13.3 Å². The lowest BCUT2D eigenvalue weighted by atomic mass is 10.1. The first-order valence-electron chi connectivity index (χ1n) is 5.00. The van der Waals surface area contributed by atoms with Crippen LogP contribution in [0.4, 0.5) is 0 Å². The predicted octanol–water partition coefficient (Wildman–Crippen LogP) is 2.20. The average Bonchev–Trinajstić information content (AvgIpc) is 2.79. The van der Waals surface area contributed by atoms with Crippen LogP contribution in [0.2, 0.25) is 0 Å². The molecule has 1 aromatic heterocycles. The molecule has 0 aliphatic heterocycles. The summed E-state index contributed by atoms with van der Waals surface area (Å²) in [6.07, 6.45) is 3.70. The molecule has 1 aromatic carbocycles. The van der Waals surface area contributed by atoms with Gasteiger partial charge in [0.1, 0.15) is 5.75 Å². The van der Waals surface area contributed by atoms with Crippen LogP contribution >= 0.6 is 0 Å². The van der Waals surface area contributed by atoms with E-state index in [4.69, 9.17) is 4.74 Å². The standard InChI is InChI=1S/C12H14N2O/c1-15-12-5-3-2-4-10(12)6-7-11-8-9-13-14-11/h2-5,8-9H,6-7H2,1H3,(H,13,14). The summed E-state index contributed by atoms with van der Waals surface area (Å²) in [4.78, 5) is 0. The maximum Gasteiger partial charge on any atom is 0.122 e. The number of aryl methyl sites for hydroxylation is 2. The molecule has 2 aromatic rings. The van der Waals surface area contributed by atoms with Crippen LogP contribution in [-0.4, -0.2) is 17.3 Å². The molecule has 1 N–H and O–H groups in total. The van der Waals surface area contributed by atoms with E-state index in [1.165, 1.54) is 5.56 Å². The Balaban J connectivity index is 2.04. The van der Waals surface area contributed by atoms with Gasteiger partial charge in [0.05, 0.1) is 7.11 Å². The third-order valence-electron chi connectivity index (χ3n) is 2.41. The van der Waals surface area contributed by atoms with Crippen LogP contribution in [0.3, 0.4) is 0 Å². The third-order valence-corrected chi connectivity index (χ3v) is 2.41. The van der Waals surface area contributed by atoms with E-state index in [-0.39, 0.29) is 0 Å². The summed E-state index contributed by atoms with van der Waals surface area (Å²) in [6, 6.07) is 10.1. The molecule has 0 saturated carbocycles. The van der Waals surface area contributed by atoms with Gasteiger partial charge in [-0.3, -0.25) is 5.10 Å². The highest BCUT2D eigenvalue weighted by Gasteiger charge is 2.02. The van der Waals surface area contributed by atoms with Crippen molar-refractivity contribution >= 4 is 0 Å². The van der Waals surface area contributed by atoms with Gasteiger partial charge in [-0.1, -0.05) is 18.2 Å². The minimum absolute atomic E-state index is 0.956. The summed E-state index contributed by atoms with van der Waals surface area (Å²) in [6.45, 7) is 0. The number of para-hydroxylation sites is 1. The minimum Gasteiger partial charge on any atom is -0.496 e. The number of hydrogen-bond acceptors (Lipinski definition) is 2. The molecule has 0 spiro atoms. The molecule has 0 amide bonds. The van der Waals surface area contributed by atoms with Crippen molar-refractivity contribution in [3.8, 4) is 5.75 Å². The van der Waals surface area contributed by atoms with Crippen molar-refractivity contribution in [2.24, 2.45) is 0 Å². The maximum absolute atomic E-state index is 5.29. The first kappa shape index (κ1) is 9.77. The predicted molar refractivity (Wildman–Crippen MR) is 59.0 cm³/mol. The van der Waals surface area contributed by atoms with Crippen molar-refractivity contribution in [1.29, 1.82) is 0 Å². The van der Waals surface area contributed by atoms with Crippen molar-refractivity contribution in [3.63, 3.8) is 0 Å². The number of hydrogen-bond donors (Lipinski definition) is 1. The average molecular weight is 202 g/mol. The molecular weight excluding hydrogens is 188 g/mol. The van der Waals surface area contributed by atoms with Crippen LogP contribution in [0.15, 0.2) is 36.5 Å². The molecule has 2 rings (SSSR count). The highest BCUT2D eigenvalue weighted by molar-refractivity contribution is 5.33. The topological polar surface area (TPSA) is 37.9 Å². The number of nitrogens with zero attached hydrogens (tertiary/aromatic N) is 1. The summed E-state index contributed by atoms with van der Waals surface area (Å²) >= 11 is 0. The van der Waals surface area contributed by atoms with Gasteiger partial charge in [-0.25, -0.2) is 0 Å². The highest BCUT2D eigenvalue weighted by Crippen LogP contribution is 2.18. The molecule has 0 bridgehead atoms. The Bertz CT molecular complexity index is 409. The van der Waals surface area contributed by atoms with E-state index in [2.05, 4.69) is 16.3 Å². The largest absolute Gasteiger partial charge is 0.496 e.